The van der Waals surface area contributed by atoms with Gasteiger partial charge in [0, 0.05) is 19.3 Å². The largest absolute Gasteiger partial charge is 0.462 e. The van der Waals surface area contributed by atoms with E-state index in [2.05, 4.69) is 34.6 Å². The van der Waals surface area contributed by atoms with Crippen molar-refractivity contribution >= 4 is 17.9 Å². The highest BCUT2D eigenvalue weighted by Gasteiger charge is 2.19. The van der Waals surface area contributed by atoms with Gasteiger partial charge in [0.1, 0.15) is 13.2 Å². The van der Waals surface area contributed by atoms with Gasteiger partial charge in [-0.15, -0.1) is 0 Å². The summed E-state index contributed by atoms with van der Waals surface area (Å²) in [6, 6.07) is 0. The molecule has 0 N–H and O–H groups in total. The number of ether oxygens (including phenoxy) is 3. The minimum absolute atomic E-state index is 0.0644. The minimum Gasteiger partial charge on any atom is -0.462 e. The Bertz CT molecular complexity index is 872. The summed E-state index contributed by atoms with van der Waals surface area (Å²) >= 11 is 0. The van der Waals surface area contributed by atoms with E-state index in [9.17, 15) is 14.4 Å². The predicted molar refractivity (Wildman–Crippen MR) is 243 cm³/mol. The first kappa shape index (κ1) is 55.4. The van der Waals surface area contributed by atoms with E-state index >= 15 is 0 Å². The van der Waals surface area contributed by atoms with E-state index in [1.54, 1.807) is 0 Å². The molecule has 6 nitrogen and oxygen atoms in total. The van der Waals surface area contributed by atoms with Crippen molar-refractivity contribution in [3.63, 3.8) is 0 Å². The van der Waals surface area contributed by atoms with E-state index < -0.39 is 6.10 Å². The quantitative estimate of drug-likeness (QED) is 0.0346. The lowest BCUT2D eigenvalue weighted by Gasteiger charge is -2.18. The third kappa shape index (κ3) is 43.8. The molecule has 6 heteroatoms. The third-order valence-corrected chi connectivity index (χ3v) is 11.8. The van der Waals surface area contributed by atoms with E-state index in [0.717, 1.165) is 69.6 Å². The number of unbranched alkanes of at least 4 members (excludes halogenated alkanes) is 29. The summed E-state index contributed by atoms with van der Waals surface area (Å²) < 4.78 is 16.8. The van der Waals surface area contributed by atoms with Crippen LogP contribution in [0, 0.1) is 11.8 Å². The topological polar surface area (TPSA) is 78.9 Å². The van der Waals surface area contributed by atoms with Crippen LogP contribution in [0.15, 0.2) is 0 Å². The molecule has 57 heavy (non-hydrogen) atoms. The van der Waals surface area contributed by atoms with Crippen molar-refractivity contribution in [1.29, 1.82) is 0 Å². The van der Waals surface area contributed by atoms with Crippen molar-refractivity contribution in [3.8, 4) is 0 Å². The first-order chi connectivity index (χ1) is 27.8. The van der Waals surface area contributed by atoms with E-state index in [4.69, 9.17) is 14.2 Å². The van der Waals surface area contributed by atoms with Crippen LogP contribution in [0.2, 0.25) is 0 Å². The van der Waals surface area contributed by atoms with Crippen molar-refractivity contribution in [2.45, 2.75) is 285 Å². The monoisotopic (exact) mass is 807 g/mol. The van der Waals surface area contributed by atoms with Crippen LogP contribution in [-0.2, 0) is 28.6 Å². The Morgan fingerprint density at radius 2 is 0.667 bits per heavy atom. The van der Waals surface area contributed by atoms with Crippen molar-refractivity contribution in [3.05, 3.63) is 0 Å². The van der Waals surface area contributed by atoms with Gasteiger partial charge in [-0.2, -0.15) is 0 Å². The first-order valence-corrected chi connectivity index (χ1v) is 25.3. The number of carbonyl (C=O) groups is 3. The molecule has 0 aliphatic heterocycles. The highest BCUT2D eigenvalue weighted by molar-refractivity contribution is 5.71. The molecule has 1 unspecified atom stereocenters. The second-order valence-electron chi connectivity index (χ2n) is 18.2. The smallest absolute Gasteiger partial charge is 0.306 e. The zero-order valence-corrected chi connectivity index (χ0v) is 39.0. The first-order valence-electron chi connectivity index (χ1n) is 25.3. The summed E-state index contributed by atoms with van der Waals surface area (Å²) in [6.07, 6.45) is 43.7. The number of hydrogen-bond donors (Lipinski definition) is 0. The minimum atomic E-state index is -0.761. The van der Waals surface area contributed by atoms with Crippen molar-refractivity contribution in [1.82, 2.24) is 0 Å². The van der Waals surface area contributed by atoms with Gasteiger partial charge in [-0.3, -0.25) is 14.4 Å². The molecule has 2 atom stereocenters. The second-order valence-corrected chi connectivity index (χ2v) is 18.2. The summed E-state index contributed by atoms with van der Waals surface area (Å²) in [5.74, 6) is 0.805. The molecule has 0 aromatic heterocycles. The zero-order chi connectivity index (χ0) is 41.9. The van der Waals surface area contributed by atoms with E-state index in [-0.39, 0.29) is 31.1 Å². The van der Waals surface area contributed by atoms with Crippen molar-refractivity contribution in [2.24, 2.45) is 11.8 Å². The van der Waals surface area contributed by atoms with Gasteiger partial charge in [-0.05, 0) is 31.1 Å². The molecule has 0 bridgehead atoms. The van der Waals surface area contributed by atoms with Crippen molar-refractivity contribution < 1.29 is 28.6 Å². The molecule has 0 radical (unpaired) electrons. The summed E-state index contributed by atoms with van der Waals surface area (Å²) in [6.45, 7) is 11.3. The molecule has 0 aliphatic carbocycles. The van der Waals surface area contributed by atoms with Gasteiger partial charge in [-0.1, -0.05) is 240 Å². The van der Waals surface area contributed by atoms with Crippen LogP contribution in [0.3, 0.4) is 0 Å². The van der Waals surface area contributed by atoms with Gasteiger partial charge in [-0.25, -0.2) is 0 Å². The molecule has 0 fully saturated rings. The van der Waals surface area contributed by atoms with Crippen LogP contribution in [0.4, 0.5) is 0 Å². The Morgan fingerprint density at radius 1 is 0.368 bits per heavy atom. The SMILES string of the molecule is CCCCCCCCCCCCCCC(=O)OC[C@@H](COC(=O)CCCCCCCCC(C)CC)OC(=O)CCCCCCCCCCCCCCCCC(C)C. The molecule has 0 amide bonds. The van der Waals surface area contributed by atoms with Gasteiger partial charge in [0.2, 0.25) is 0 Å². The molecular weight excluding hydrogens is 709 g/mol. The third-order valence-electron chi connectivity index (χ3n) is 11.8. The van der Waals surface area contributed by atoms with Crippen LogP contribution in [0.5, 0.6) is 0 Å². The molecular formula is C51H98O6. The number of rotatable bonds is 45. The van der Waals surface area contributed by atoms with E-state index in [0.29, 0.717) is 19.3 Å². The van der Waals surface area contributed by atoms with Gasteiger partial charge in [0.05, 0.1) is 0 Å². The maximum Gasteiger partial charge on any atom is 0.306 e. The van der Waals surface area contributed by atoms with Crippen LogP contribution in [0.25, 0.3) is 0 Å². The second kappa shape index (κ2) is 44.0. The maximum atomic E-state index is 12.8. The van der Waals surface area contributed by atoms with Gasteiger partial charge in [0.15, 0.2) is 6.10 Å². The number of hydrogen-bond acceptors (Lipinski definition) is 6. The Hall–Kier alpha value is -1.59. The Morgan fingerprint density at radius 3 is 1.00 bits per heavy atom. The highest BCUT2D eigenvalue weighted by atomic mass is 16.6. The molecule has 0 aliphatic rings. The van der Waals surface area contributed by atoms with Crippen LogP contribution >= 0.6 is 0 Å². The molecule has 0 aromatic carbocycles. The average Bonchev–Trinajstić information content (AvgIpc) is 3.19. The predicted octanol–water partition coefficient (Wildman–Crippen LogP) is 16.1. The van der Waals surface area contributed by atoms with Crippen LogP contribution in [-0.4, -0.2) is 37.2 Å². The molecule has 0 spiro atoms. The molecule has 338 valence electrons. The van der Waals surface area contributed by atoms with Gasteiger partial charge >= 0.3 is 17.9 Å². The van der Waals surface area contributed by atoms with Crippen molar-refractivity contribution in [2.75, 3.05) is 13.2 Å². The summed E-state index contributed by atoms with van der Waals surface area (Å²) in [4.78, 5) is 37.8. The zero-order valence-electron chi connectivity index (χ0n) is 39.0. The summed E-state index contributed by atoms with van der Waals surface area (Å²) in [5, 5.41) is 0. The molecule has 0 rings (SSSR count). The van der Waals surface area contributed by atoms with Crippen LogP contribution in [0.1, 0.15) is 279 Å². The lowest BCUT2D eigenvalue weighted by molar-refractivity contribution is -0.167. The van der Waals surface area contributed by atoms with Crippen LogP contribution < -0.4 is 0 Å². The Labute approximate surface area is 355 Å². The average molecular weight is 807 g/mol. The lowest BCUT2D eigenvalue weighted by atomic mass is 10.00. The summed E-state index contributed by atoms with van der Waals surface area (Å²) in [7, 11) is 0. The fourth-order valence-corrected chi connectivity index (χ4v) is 7.60. The fraction of sp³-hybridized carbons (Fsp3) is 0.941. The Kier molecular flexibility index (Phi) is 42.7. The molecule has 0 heterocycles. The number of esters is 3. The normalized spacial score (nSPS) is 12.5. The maximum absolute atomic E-state index is 12.8. The van der Waals surface area contributed by atoms with E-state index in [1.807, 2.05) is 0 Å². The van der Waals surface area contributed by atoms with E-state index in [1.165, 1.54) is 167 Å². The highest BCUT2D eigenvalue weighted by Crippen LogP contribution is 2.17. The summed E-state index contributed by atoms with van der Waals surface area (Å²) in [5.41, 5.74) is 0. The Balaban J connectivity index is 4.29. The lowest BCUT2D eigenvalue weighted by Crippen LogP contribution is -2.30. The fourth-order valence-electron chi connectivity index (χ4n) is 7.60. The molecule has 0 aromatic rings. The standard InChI is InChI=1S/C51H98O6/c1-6-8-9-10-11-12-13-19-22-25-31-36-41-49(52)55-44-48(45-56-50(53)42-37-32-28-27-30-35-40-47(5)7-2)57-51(54)43-38-33-26-23-20-17-15-14-16-18-21-24-29-34-39-46(3)4/h46-48H,6-45H2,1-5H3/t47?,48-/m0/s1. The van der Waals surface area contributed by atoms with Gasteiger partial charge in [0.25, 0.3) is 0 Å². The number of carbonyl (C=O) groups excluding carboxylic acids is 3. The molecule has 0 saturated carbocycles. The molecule has 0 saturated heterocycles. The van der Waals surface area contributed by atoms with Gasteiger partial charge < -0.3 is 14.2 Å².